The third kappa shape index (κ3) is 1.99. The Labute approximate surface area is 89.7 Å². The topological polar surface area (TPSA) is 12.9 Å². The van der Waals surface area contributed by atoms with Crippen molar-refractivity contribution in [3.8, 4) is 11.3 Å². The Morgan fingerprint density at radius 2 is 1.86 bits per heavy atom. The second-order valence-electron chi connectivity index (χ2n) is 2.86. The highest BCUT2D eigenvalue weighted by Crippen LogP contribution is 2.19. The number of nitrogens with zero attached hydrogens (tertiary/aromatic N) is 1. The first-order chi connectivity index (χ1) is 6.75. The lowest BCUT2D eigenvalue weighted by Gasteiger charge is -2.00. The van der Waals surface area contributed by atoms with Gasteiger partial charge in [0.1, 0.15) is 10.4 Å². The van der Waals surface area contributed by atoms with E-state index in [2.05, 4.69) is 20.9 Å². The minimum absolute atomic E-state index is 0.246. The first-order valence-electron chi connectivity index (χ1n) is 4.14. The molecule has 0 saturated heterocycles. The predicted octanol–water partition coefficient (Wildman–Crippen LogP) is 3.65. The normalized spacial score (nSPS) is 10.1. The highest BCUT2D eigenvalue weighted by Gasteiger charge is 2.00. The van der Waals surface area contributed by atoms with Gasteiger partial charge in [0.2, 0.25) is 0 Å². The van der Waals surface area contributed by atoms with E-state index in [1.54, 1.807) is 6.07 Å². The van der Waals surface area contributed by atoms with Crippen LogP contribution in [0.1, 0.15) is 0 Å². The van der Waals surface area contributed by atoms with E-state index in [0.717, 1.165) is 15.9 Å². The average Bonchev–Trinajstić information content (AvgIpc) is 2.18. The summed E-state index contributed by atoms with van der Waals surface area (Å²) in [6, 6.07) is 11.9. The van der Waals surface area contributed by atoms with E-state index in [1.165, 1.54) is 12.1 Å². The van der Waals surface area contributed by atoms with E-state index in [4.69, 9.17) is 0 Å². The van der Waals surface area contributed by atoms with Crippen molar-refractivity contribution in [3.05, 3.63) is 52.9 Å². The van der Waals surface area contributed by atoms with E-state index in [0.29, 0.717) is 0 Å². The van der Waals surface area contributed by atoms with Crippen molar-refractivity contribution in [3.63, 3.8) is 0 Å². The van der Waals surface area contributed by atoms with E-state index in [9.17, 15) is 4.39 Å². The Morgan fingerprint density at radius 1 is 1.07 bits per heavy atom. The standard InChI is InChI=1S/C11H7BrFN/c12-11-6-2-5-10(14-11)8-3-1-4-9(13)7-8/h1-7H. The van der Waals surface area contributed by atoms with Crippen LogP contribution in [0.15, 0.2) is 47.1 Å². The maximum Gasteiger partial charge on any atom is 0.123 e. The van der Waals surface area contributed by atoms with Crippen molar-refractivity contribution in [2.24, 2.45) is 0 Å². The van der Waals surface area contributed by atoms with Gasteiger partial charge in [-0.1, -0.05) is 18.2 Å². The van der Waals surface area contributed by atoms with Gasteiger partial charge in [-0.3, -0.25) is 0 Å². The molecule has 1 aromatic carbocycles. The van der Waals surface area contributed by atoms with Gasteiger partial charge in [-0.25, -0.2) is 9.37 Å². The van der Waals surface area contributed by atoms with Crippen LogP contribution in [0.3, 0.4) is 0 Å². The molecular formula is C11H7BrFN. The summed E-state index contributed by atoms with van der Waals surface area (Å²) >= 11 is 3.27. The van der Waals surface area contributed by atoms with Crippen LogP contribution >= 0.6 is 15.9 Å². The van der Waals surface area contributed by atoms with Gasteiger partial charge in [-0.05, 0) is 40.2 Å². The number of halogens is 2. The zero-order chi connectivity index (χ0) is 9.97. The number of pyridine rings is 1. The lowest BCUT2D eigenvalue weighted by molar-refractivity contribution is 0.628. The second-order valence-corrected chi connectivity index (χ2v) is 3.67. The summed E-state index contributed by atoms with van der Waals surface area (Å²) in [7, 11) is 0. The molecule has 2 rings (SSSR count). The summed E-state index contributed by atoms with van der Waals surface area (Å²) in [6.45, 7) is 0. The van der Waals surface area contributed by atoms with Crippen molar-refractivity contribution in [2.75, 3.05) is 0 Å². The Morgan fingerprint density at radius 3 is 2.57 bits per heavy atom. The van der Waals surface area contributed by atoms with Gasteiger partial charge in [0.15, 0.2) is 0 Å². The largest absolute Gasteiger partial charge is 0.241 e. The summed E-state index contributed by atoms with van der Waals surface area (Å²) < 4.78 is 13.7. The minimum atomic E-state index is -0.246. The summed E-state index contributed by atoms with van der Waals surface area (Å²) in [5.41, 5.74) is 1.55. The molecule has 14 heavy (non-hydrogen) atoms. The van der Waals surface area contributed by atoms with Crippen LogP contribution in [0.5, 0.6) is 0 Å². The van der Waals surface area contributed by atoms with Crippen molar-refractivity contribution in [1.82, 2.24) is 4.98 Å². The van der Waals surface area contributed by atoms with Gasteiger partial charge in [-0.2, -0.15) is 0 Å². The van der Waals surface area contributed by atoms with Crippen molar-refractivity contribution in [1.29, 1.82) is 0 Å². The Bertz CT molecular complexity index is 413. The molecule has 0 aliphatic heterocycles. The number of hydrogen-bond donors (Lipinski definition) is 0. The molecule has 0 bridgehead atoms. The van der Waals surface area contributed by atoms with E-state index < -0.39 is 0 Å². The van der Waals surface area contributed by atoms with Crippen LogP contribution in [0, 0.1) is 5.82 Å². The van der Waals surface area contributed by atoms with Gasteiger partial charge in [-0.15, -0.1) is 0 Å². The third-order valence-corrected chi connectivity index (χ3v) is 2.28. The van der Waals surface area contributed by atoms with Crippen LogP contribution in [-0.2, 0) is 0 Å². The van der Waals surface area contributed by atoms with E-state index >= 15 is 0 Å². The fourth-order valence-corrected chi connectivity index (χ4v) is 1.56. The molecule has 1 heterocycles. The fraction of sp³-hybridized carbons (Fsp3) is 0. The van der Waals surface area contributed by atoms with Crippen molar-refractivity contribution in [2.45, 2.75) is 0 Å². The number of benzene rings is 1. The first-order valence-corrected chi connectivity index (χ1v) is 4.93. The lowest BCUT2D eigenvalue weighted by Crippen LogP contribution is -1.84. The molecule has 0 saturated carbocycles. The van der Waals surface area contributed by atoms with Crippen LogP contribution in [0.4, 0.5) is 4.39 Å². The van der Waals surface area contributed by atoms with Gasteiger partial charge in [0, 0.05) is 5.56 Å². The minimum Gasteiger partial charge on any atom is -0.241 e. The summed E-state index contributed by atoms with van der Waals surface area (Å²) in [6.07, 6.45) is 0. The Kier molecular flexibility index (Phi) is 2.59. The molecule has 0 spiro atoms. The maximum atomic E-state index is 12.9. The lowest BCUT2D eigenvalue weighted by atomic mass is 10.1. The third-order valence-electron chi connectivity index (χ3n) is 1.84. The molecule has 0 aliphatic rings. The van der Waals surface area contributed by atoms with Crippen molar-refractivity contribution < 1.29 is 4.39 Å². The van der Waals surface area contributed by atoms with Crippen LogP contribution < -0.4 is 0 Å². The maximum absolute atomic E-state index is 12.9. The summed E-state index contributed by atoms with van der Waals surface area (Å²) in [5.74, 6) is -0.246. The van der Waals surface area contributed by atoms with E-state index in [1.807, 2.05) is 24.3 Å². The molecule has 1 nitrogen and oxygen atoms in total. The highest BCUT2D eigenvalue weighted by molar-refractivity contribution is 9.10. The summed E-state index contributed by atoms with van der Waals surface area (Å²) in [4.78, 5) is 4.23. The molecule has 0 N–H and O–H groups in total. The van der Waals surface area contributed by atoms with E-state index in [-0.39, 0.29) is 5.82 Å². The molecule has 70 valence electrons. The quantitative estimate of drug-likeness (QED) is 0.706. The zero-order valence-corrected chi connectivity index (χ0v) is 8.83. The highest BCUT2D eigenvalue weighted by atomic mass is 79.9. The Hall–Kier alpha value is -1.22. The SMILES string of the molecule is Fc1cccc(-c2cccc(Br)n2)c1. The average molecular weight is 252 g/mol. The number of rotatable bonds is 1. The summed E-state index contributed by atoms with van der Waals surface area (Å²) in [5, 5.41) is 0. The smallest absolute Gasteiger partial charge is 0.123 e. The fourth-order valence-electron chi connectivity index (χ4n) is 1.22. The molecule has 0 radical (unpaired) electrons. The molecule has 0 atom stereocenters. The van der Waals surface area contributed by atoms with Crippen LogP contribution in [0.25, 0.3) is 11.3 Å². The molecule has 0 aliphatic carbocycles. The monoisotopic (exact) mass is 251 g/mol. The molecule has 3 heteroatoms. The Balaban J connectivity index is 2.49. The second kappa shape index (κ2) is 3.88. The number of hydrogen-bond acceptors (Lipinski definition) is 1. The molecular weight excluding hydrogens is 245 g/mol. The van der Waals surface area contributed by atoms with Crippen LogP contribution in [0.2, 0.25) is 0 Å². The van der Waals surface area contributed by atoms with Gasteiger partial charge in [0.05, 0.1) is 5.69 Å². The predicted molar refractivity (Wildman–Crippen MR) is 57.3 cm³/mol. The van der Waals surface area contributed by atoms with Gasteiger partial charge in [0.25, 0.3) is 0 Å². The first kappa shape index (κ1) is 9.34. The van der Waals surface area contributed by atoms with Crippen LogP contribution in [-0.4, -0.2) is 4.98 Å². The molecule has 0 unspecified atom stereocenters. The molecule has 0 fully saturated rings. The molecule has 1 aromatic heterocycles. The zero-order valence-electron chi connectivity index (χ0n) is 7.24. The molecule has 2 aromatic rings. The molecule has 0 amide bonds. The number of aromatic nitrogens is 1. The van der Waals surface area contributed by atoms with Gasteiger partial charge >= 0.3 is 0 Å². The van der Waals surface area contributed by atoms with Crippen molar-refractivity contribution >= 4 is 15.9 Å². The van der Waals surface area contributed by atoms with Gasteiger partial charge < -0.3 is 0 Å².